The number of hydrogen-bond donors (Lipinski definition) is 4. The van der Waals surface area contributed by atoms with Crippen molar-refractivity contribution in [3.8, 4) is 0 Å². The van der Waals surface area contributed by atoms with Gasteiger partial charge in [0.2, 0.25) is 0 Å². The highest BCUT2D eigenvalue weighted by atomic mass is 16.4. The lowest BCUT2D eigenvalue weighted by Crippen LogP contribution is -2.41. The molecule has 1 fully saturated rings. The number of urea groups is 1. The Labute approximate surface area is 140 Å². The number of amides is 3. The van der Waals surface area contributed by atoms with Crippen LogP contribution in [0.25, 0.3) is 0 Å². The summed E-state index contributed by atoms with van der Waals surface area (Å²) in [6.07, 6.45) is 2.46. The molecule has 1 aliphatic carbocycles. The van der Waals surface area contributed by atoms with Crippen molar-refractivity contribution in [2.45, 2.75) is 38.6 Å². The lowest BCUT2D eigenvalue weighted by molar-refractivity contribution is -0.142. The molecule has 24 heavy (non-hydrogen) atoms. The first-order chi connectivity index (χ1) is 11.4. The van der Waals surface area contributed by atoms with Crippen molar-refractivity contribution in [2.24, 2.45) is 5.92 Å². The van der Waals surface area contributed by atoms with Crippen LogP contribution in [0.2, 0.25) is 0 Å². The molecule has 0 aromatic heterocycles. The quantitative estimate of drug-likeness (QED) is 0.677. The number of benzene rings is 1. The fourth-order valence-electron chi connectivity index (χ4n) is 2.87. The monoisotopic (exact) mass is 333 g/mol. The third-order valence-electron chi connectivity index (χ3n) is 4.39. The normalized spacial score (nSPS) is 20.1. The van der Waals surface area contributed by atoms with Crippen LogP contribution in [-0.4, -0.2) is 36.1 Å². The van der Waals surface area contributed by atoms with Crippen LogP contribution in [0.1, 0.15) is 41.6 Å². The predicted molar refractivity (Wildman–Crippen MR) is 90.1 cm³/mol. The molecule has 0 atom stereocenters. The molecule has 0 spiro atoms. The zero-order valence-corrected chi connectivity index (χ0v) is 13.9. The topological polar surface area (TPSA) is 108 Å². The van der Waals surface area contributed by atoms with Crippen LogP contribution in [0, 0.1) is 12.8 Å². The van der Waals surface area contributed by atoms with Crippen LogP contribution in [0.3, 0.4) is 0 Å². The van der Waals surface area contributed by atoms with Gasteiger partial charge in [-0.05, 0) is 50.3 Å². The van der Waals surface area contributed by atoms with Crippen LogP contribution < -0.4 is 16.0 Å². The Balaban J connectivity index is 1.93. The summed E-state index contributed by atoms with van der Waals surface area (Å²) in [5, 5.41) is 17.2. The smallest absolute Gasteiger partial charge is 0.319 e. The predicted octanol–water partition coefficient (Wildman–Crippen LogP) is 2.12. The summed E-state index contributed by atoms with van der Waals surface area (Å²) in [7, 11) is 1.55. The van der Waals surface area contributed by atoms with Crippen LogP contribution in [0.5, 0.6) is 0 Å². The van der Waals surface area contributed by atoms with Gasteiger partial charge in [0.05, 0.1) is 5.92 Å². The van der Waals surface area contributed by atoms with Gasteiger partial charge in [0, 0.05) is 24.3 Å². The molecule has 4 N–H and O–H groups in total. The number of carboxylic acids is 1. The Bertz CT molecular complexity index is 637. The number of rotatable bonds is 4. The highest BCUT2D eigenvalue weighted by molar-refractivity contribution is 5.97. The molecule has 3 amide bonds. The Kier molecular flexibility index (Phi) is 5.78. The summed E-state index contributed by atoms with van der Waals surface area (Å²) in [5.41, 5.74) is 1.90. The average molecular weight is 333 g/mol. The van der Waals surface area contributed by atoms with Gasteiger partial charge in [0.1, 0.15) is 0 Å². The minimum atomic E-state index is -0.764. The second-order valence-corrected chi connectivity index (χ2v) is 6.09. The van der Waals surface area contributed by atoms with E-state index in [-0.39, 0.29) is 23.9 Å². The molecular formula is C17H23N3O4. The van der Waals surface area contributed by atoms with Gasteiger partial charge < -0.3 is 21.1 Å². The molecule has 1 aromatic carbocycles. The summed E-state index contributed by atoms with van der Waals surface area (Å²) < 4.78 is 0. The molecule has 0 bridgehead atoms. The lowest BCUT2D eigenvalue weighted by Gasteiger charge is -2.27. The van der Waals surface area contributed by atoms with E-state index in [2.05, 4.69) is 16.0 Å². The standard InChI is InChI=1S/C17H23N3O4/c1-10-3-4-12(15(21)18-2)9-14(10)20-17(24)19-13-7-5-11(6-8-13)16(22)23/h3-4,9,11,13H,5-8H2,1-2H3,(H,18,21)(H,22,23)(H2,19,20,24). The molecule has 0 radical (unpaired) electrons. The van der Waals surface area contributed by atoms with E-state index < -0.39 is 5.97 Å². The molecule has 1 aromatic rings. The summed E-state index contributed by atoms with van der Waals surface area (Å²) in [6, 6.07) is 4.74. The number of nitrogens with one attached hydrogen (secondary N) is 3. The van der Waals surface area contributed by atoms with Gasteiger partial charge in [0.25, 0.3) is 5.91 Å². The fourth-order valence-corrected chi connectivity index (χ4v) is 2.87. The molecule has 7 heteroatoms. The second kappa shape index (κ2) is 7.81. The van der Waals surface area contributed by atoms with E-state index in [4.69, 9.17) is 5.11 Å². The Morgan fingerprint density at radius 2 is 1.79 bits per heavy atom. The van der Waals surface area contributed by atoms with Crippen molar-refractivity contribution >= 4 is 23.6 Å². The molecular weight excluding hydrogens is 310 g/mol. The van der Waals surface area contributed by atoms with E-state index in [9.17, 15) is 14.4 Å². The van der Waals surface area contributed by atoms with Crippen molar-refractivity contribution < 1.29 is 19.5 Å². The summed E-state index contributed by atoms with van der Waals surface area (Å²) in [6.45, 7) is 1.85. The highest BCUT2D eigenvalue weighted by Crippen LogP contribution is 2.24. The second-order valence-electron chi connectivity index (χ2n) is 6.09. The van der Waals surface area contributed by atoms with Crippen molar-refractivity contribution in [3.63, 3.8) is 0 Å². The van der Waals surface area contributed by atoms with Crippen molar-refractivity contribution in [1.82, 2.24) is 10.6 Å². The number of carbonyl (C=O) groups is 3. The Morgan fingerprint density at radius 3 is 2.38 bits per heavy atom. The minimum Gasteiger partial charge on any atom is -0.481 e. The zero-order chi connectivity index (χ0) is 17.7. The third-order valence-corrected chi connectivity index (χ3v) is 4.39. The number of hydrogen-bond acceptors (Lipinski definition) is 3. The first-order valence-electron chi connectivity index (χ1n) is 8.03. The highest BCUT2D eigenvalue weighted by Gasteiger charge is 2.26. The van der Waals surface area contributed by atoms with Crippen LogP contribution >= 0.6 is 0 Å². The first-order valence-corrected chi connectivity index (χ1v) is 8.03. The van der Waals surface area contributed by atoms with E-state index in [1.54, 1.807) is 25.2 Å². The average Bonchev–Trinajstić information content (AvgIpc) is 2.56. The van der Waals surface area contributed by atoms with E-state index >= 15 is 0 Å². The lowest BCUT2D eigenvalue weighted by atomic mass is 9.86. The fraction of sp³-hybridized carbons (Fsp3) is 0.471. The molecule has 1 saturated carbocycles. The summed E-state index contributed by atoms with van der Waals surface area (Å²) >= 11 is 0. The van der Waals surface area contributed by atoms with Gasteiger partial charge in [0.15, 0.2) is 0 Å². The van der Waals surface area contributed by atoms with Crippen molar-refractivity contribution in [3.05, 3.63) is 29.3 Å². The maximum atomic E-state index is 12.2. The zero-order valence-electron chi connectivity index (χ0n) is 13.9. The third kappa shape index (κ3) is 4.47. The van der Waals surface area contributed by atoms with Crippen LogP contribution in [0.4, 0.5) is 10.5 Å². The van der Waals surface area contributed by atoms with Gasteiger partial charge in [-0.15, -0.1) is 0 Å². The number of carbonyl (C=O) groups excluding carboxylic acids is 2. The minimum absolute atomic E-state index is 0.0250. The van der Waals surface area contributed by atoms with Gasteiger partial charge in [-0.2, -0.15) is 0 Å². The Morgan fingerprint density at radius 1 is 1.12 bits per heavy atom. The molecule has 2 rings (SSSR count). The maximum absolute atomic E-state index is 12.2. The molecule has 7 nitrogen and oxygen atoms in total. The van der Waals surface area contributed by atoms with Gasteiger partial charge >= 0.3 is 12.0 Å². The molecule has 130 valence electrons. The van der Waals surface area contributed by atoms with E-state index in [1.807, 2.05) is 6.92 Å². The van der Waals surface area contributed by atoms with Gasteiger partial charge in [-0.3, -0.25) is 9.59 Å². The molecule has 1 aliphatic rings. The molecule has 0 unspecified atom stereocenters. The van der Waals surface area contributed by atoms with E-state index in [1.165, 1.54) is 0 Å². The molecule has 0 aliphatic heterocycles. The van der Waals surface area contributed by atoms with Crippen molar-refractivity contribution in [2.75, 3.05) is 12.4 Å². The first kappa shape index (κ1) is 17.8. The van der Waals surface area contributed by atoms with Gasteiger partial charge in [-0.25, -0.2) is 4.79 Å². The SMILES string of the molecule is CNC(=O)c1ccc(C)c(NC(=O)NC2CCC(C(=O)O)CC2)c1. The van der Waals surface area contributed by atoms with Crippen molar-refractivity contribution in [1.29, 1.82) is 0 Å². The molecule has 0 heterocycles. The van der Waals surface area contributed by atoms with Gasteiger partial charge in [-0.1, -0.05) is 6.07 Å². The van der Waals surface area contributed by atoms with Crippen LogP contribution in [-0.2, 0) is 4.79 Å². The number of aliphatic carboxylic acids is 1. The number of aryl methyl sites for hydroxylation is 1. The van der Waals surface area contributed by atoms with E-state index in [0.29, 0.717) is 36.9 Å². The van der Waals surface area contributed by atoms with Crippen LogP contribution in [0.15, 0.2) is 18.2 Å². The summed E-state index contributed by atoms with van der Waals surface area (Å²) in [4.78, 5) is 34.8. The maximum Gasteiger partial charge on any atom is 0.319 e. The number of anilines is 1. The summed E-state index contributed by atoms with van der Waals surface area (Å²) in [5.74, 6) is -1.29. The molecule has 0 saturated heterocycles. The number of carboxylic acid groups (broad SMARTS) is 1. The largest absolute Gasteiger partial charge is 0.481 e. The van der Waals surface area contributed by atoms with E-state index in [0.717, 1.165) is 5.56 Å². The Hall–Kier alpha value is -2.57.